The van der Waals surface area contributed by atoms with Gasteiger partial charge < -0.3 is 9.73 Å². The van der Waals surface area contributed by atoms with Gasteiger partial charge in [0.1, 0.15) is 0 Å². The van der Waals surface area contributed by atoms with Crippen LogP contribution in [-0.2, 0) is 0 Å². The maximum atomic E-state index is 5.55. The lowest BCUT2D eigenvalue weighted by molar-refractivity contribution is 0.533. The highest BCUT2D eigenvalue weighted by atomic mass is 32.1. The van der Waals surface area contributed by atoms with Crippen LogP contribution in [0.1, 0.15) is 29.3 Å². The largest absolute Gasteiger partial charge is 0.421 e. The number of hydrogen-bond acceptors (Lipinski definition) is 5. The molecule has 21 heavy (non-hydrogen) atoms. The summed E-state index contributed by atoms with van der Waals surface area (Å²) in [5.41, 5.74) is 3.24. The minimum absolute atomic E-state index is 0.232. The molecule has 0 saturated carbocycles. The Morgan fingerprint density at radius 2 is 1.95 bits per heavy atom. The molecule has 1 atom stereocenters. The van der Waals surface area contributed by atoms with Crippen LogP contribution in [0.3, 0.4) is 0 Å². The second kappa shape index (κ2) is 5.69. The van der Waals surface area contributed by atoms with Crippen molar-refractivity contribution in [2.45, 2.75) is 26.8 Å². The second-order valence-corrected chi connectivity index (χ2v) is 5.95. The highest BCUT2D eigenvalue weighted by molar-refractivity contribution is 7.10. The van der Waals surface area contributed by atoms with Crippen molar-refractivity contribution in [2.24, 2.45) is 0 Å². The number of hydrogen-bond donors (Lipinski definition) is 1. The van der Waals surface area contributed by atoms with E-state index in [2.05, 4.69) is 40.8 Å². The van der Waals surface area contributed by atoms with Crippen LogP contribution in [0.25, 0.3) is 11.5 Å². The van der Waals surface area contributed by atoms with Gasteiger partial charge in [-0.25, -0.2) is 0 Å². The first kappa shape index (κ1) is 13.8. The van der Waals surface area contributed by atoms with Gasteiger partial charge in [0.25, 0.3) is 0 Å². The lowest BCUT2D eigenvalue weighted by Crippen LogP contribution is -2.07. The number of nitrogens with one attached hydrogen (secondary N) is 1. The number of rotatable bonds is 4. The zero-order chi connectivity index (χ0) is 14.8. The molecule has 108 valence electrons. The second-order valence-electron chi connectivity index (χ2n) is 5.01. The molecule has 0 amide bonds. The van der Waals surface area contributed by atoms with E-state index in [-0.39, 0.29) is 6.04 Å². The molecule has 1 aromatic carbocycles. The molecule has 0 bridgehead atoms. The minimum atomic E-state index is 0.232. The highest BCUT2D eigenvalue weighted by Crippen LogP contribution is 2.32. The maximum Gasteiger partial charge on any atom is 0.249 e. The molecule has 0 aliphatic carbocycles. The summed E-state index contributed by atoms with van der Waals surface area (Å²) in [6.45, 7) is 6.09. The predicted octanol–water partition coefficient (Wildman–Crippen LogP) is 4.59. The van der Waals surface area contributed by atoms with Crippen molar-refractivity contribution in [2.75, 3.05) is 5.32 Å². The van der Waals surface area contributed by atoms with Crippen molar-refractivity contribution < 1.29 is 4.42 Å². The minimum Gasteiger partial charge on any atom is -0.421 e. The van der Waals surface area contributed by atoms with Gasteiger partial charge in [-0.2, -0.15) is 0 Å². The number of nitrogens with zero attached hydrogens (tertiary/aromatic N) is 2. The summed E-state index contributed by atoms with van der Waals surface area (Å²) < 4.78 is 5.55. The van der Waals surface area contributed by atoms with E-state index < -0.39 is 0 Å². The summed E-state index contributed by atoms with van der Waals surface area (Å²) in [5.74, 6) is 1.12. The molecule has 0 spiro atoms. The zero-order valence-corrected chi connectivity index (χ0v) is 13.1. The summed E-state index contributed by atoms with van der Waals surface area (Å²) in [7, 11) is 0. The van der Waals surface area contributed by atoms with Gasteiger partial charge in [-0.1, -0.05) is 12.1 Å². The van der Waals surface area contributed by atoms with Crippen LogP contribution in [-0.4, -0.2) is 10.2 Å². The Morgan fingerprint density at radius 3 is 2.62 bits per heavy atom. The Balaban J connectivity index is 1.91. The predicted molar refractivity (Wildman–Crippen MR) is 85.6 cm³/mol. The molecule has 3 aromatic rings. The molecule has 0 fully saturated rings. The van der Waals surface area contributed by atoms with Crippen molar-refractivity contribution in [3.05, 3.63) is 52.0 Å². The molecule has 3 rings (SSSR count). The molecule has 1 N–H and O–H groups in total. The normalized spacial score (nSPS) is 12.3. The average molecular weight is 299 g/mol. The van der Waals surface area contributed by atoms with Gasteiger partial charge in [-0.15, -0.1) is 21.5 Å². The van der Waals surface area contributed by atoms with Crippen molar-refractivity contribution in [3.63, 3.8) is 0 Å². The Morgan fingerprint density at radius 1 is 1.14 bits per heavy atom. The molecular weight excluding hydrogens is 282 g/mol. The summed E-state index contributed by atoms with van der Waals surface area (Å²) in [5, 5.41) is 13.7. The van der Waals surface area contributed by atoms with Crippen molar-refractivity contribution in [3.8, 4) is 11.5 Å². The first-order valence-corrected chi connectivity index (χ1v) is 7.73. The van der Waals surface area contributed by atoms with E-state index in [0.717, 1.165) is 11.3 Å². The van der Waals surface area contributed by atoms with E-state index in [1.54, 1.807) is 18.3 Å². The zero-order valence-electron chi connectivity index (χ0n) is 12.3. The molecule has 0 aliphatic heterocycles. The molecule has 2 aromatic heterocycles. The van der Waals surface area contributed by atoms with Gasteiger partial charge in [-0.3, -0.25) is 0 Å². The van der Waals surface area contributed by atoms with Crippen molar-refractivity contribution >= 4 is 17.0 Å². The van der Waals surface area contributed by atoms with E-state index in [1.165, 1.54) is 10.4 Å². The standard InChI is InChI=1S/C16H17N3OS/c1-10-8-9-21-15(10)11(2)17-14-7-5-4-6-13(14)16-19-18-12(3)20-16/h4-9,11,17H,1-3H3. The van der Waals surface area contributed by atoms with Crippen molar-refractivity contribution in [1.82, 2.24) is 10.2 Å². The van der Waals surface area contributed by atoms with Gasteiger partial charge in [0.2, 0.25) is 11.8 Å². The number of aryl methyl sites for hydroxylation is 2. The Hall–Kier alpha value is -2.14. The van der Waals surface area contributed by atoms with Gasteiger partial charge in [-0.05, 0) is 43.0 Å². The number of anilines is 1. The summed E-state index contributed by atoms with van der Waals surface area (Å²) in [6.07, 6.45) is 0. The van der Waals surface area contributed by atoms with Crippen LogP contribution in [0.15, 0.2) is 40.1 Å². The third-order valence-electron chi connectivity index (χ3n) is 3.35. The molecule has 2 heterocycles. The fourth-order valence-corrected chi connectivity index (χ4v) is 3.26. The Bertz CT molecular complexity index is 747. The number of para-hydroxylation sites is 1. The van der Waals surface area contributed by atoms with E-state index in [0.29, 0.717) is 11.8 Å². The number of aromatic nitrogens is 2. The summed E-state index contributed by atoms with van der Waals surface area (Å²) >= 11 is 1.77. The van der Waals surface area contributed by atoms with Gasteiger partial charge in [0.05, 0.1) is 11.6 Å². The Kier molecular flexibility index (Phi) is 3.75. The molecule has 4 nitrogen and oxygen atoms in total. The van der Waals surface area contributed by atoms with Crippen LogP contribution >= 0.6 is 11.3 Å². The quantitative estimate of drug-likeness (QED) is 0.765. The van der Waals surface area contributed by atoms with Crippen LogP contribution in [0.2, 0.25) is 0 Å². The van der Waals surface area contributed by atoms with Crippen molar-refractivity contribution in [1.29, 1.82) is 0 Å². The van der Waals surface area contributed by atoms with E-state index in [9.17, 15) is 0 Å². The monoisotopic (exact) mass is 299 g/mol. The van der Waals surface area contributed by atoms with Crippen LogP contribution in [0.5, 0.6) is 0 Å². The van der Waals surface area contributed by atoms with Crippen LogP contribution < -0.4 is 5.32 Å². The lowest BCUT2D eigenvalue weighted by atomic mass is 10.1. The van der Waals surface area contributed by atoms with E-state index in [1.807, 2.05) is 24.3 Å². The van der Waals surface area contributed by atoms with Crippen LogP contribution in [0, 0.1) is 13.8 Å². The van der Waals surface area contributed by atoms with E-state index in [4.69, 9.17) is 4.42 Å². The SMILES string of the molecule is Cc1nnc(-c2ccccc2NC(C)c2sccc2C)o1. The first-order chi connectivity index (χ1) is 10.1. The third-order valence-corrected chi connectivity index (χ3v) is 4.55. The smallest absolute Gasteiger partial charge is 0.249 e. The van der Waals surface area contributed by atoms with Gasteiger partial charge >= 0.3 is 0 Å². The Labute approximate surface area is 127 Å². The highest BCUT2D eigenvalue weighted by Gasteiger charge is 2.15. The molecule has 0 saturated heterocycles. The number of benzene rings is 1. The molecule has 5 heteroatoms. The van der Waals surface area contributed by atoms with Crippen LogP contribution in [0.4, 0.5) is 5.69 Å². The summed E-state index contributed by atoms with van der Waals surface area (Å²) in [4.78, 5) is 1.34. The third kappa shape index (κ3) is 2.83. The molecular formula is C16H17N3OS. The fourth-order valence-electron chi connectivity index (χ4n) is 2.33. The molecule has 0 aliphatic rings. The van der Waals surface area contributed by atoms with Gasteiger partial charge in [0, 0.05) is 17.5 Å². The maximum absolute atomic E-state index is 5.55. The first-order valence-electron chi connectivity index (χ1n) is 6.85. The average Bonchev–Trinajstić information content (AvgIpc) is 3.08. The molecule has 0 radical (unpaired) electrons. The number of thiophene rings is 1. The van der Waals surface area contributed by atoms with Gasteiger partial charge in [0.15, 0.2) is 0 Å². The molecule has 1 unspecified atom stereocenters. The van der Waals surface area contributed by atoms with E-state index >= 15 is 0 Å². The topological polar surface area (TPSA) is 51.0 Å². The fraction of sp³-hybridized carbons (Fsp3) is 0.250. The lowest BCUT2D eigenvalue weighted by Gasteiger charge is -2.16. The summed E-state index contributed by atoms with van der Waals surface area (Å²) in [6, 6.07) is 10.4.